The predicted molar refractivity (Wildman–Crippen MR) is 138 cm³/mol. The van der Waals surface area contributed by atoms with E-state index >= 15 is 0 Å². The summed E-state index contributed by atoms with van der Waals surface area (Å²) in [5.41, 5.74) is 3.66. The van der Waals surface area contributed by atoms with Crippen LogP contribution in [0.15, 0.2) is 89.6 Å². The van der Waals surface area contributed by atoms with Gasteiger partial charge in [0.2, 0.25) is 5.91 Å². The third kappa shape index (κ3) is 6.74. The smallest absolute Gasteiger partial charge is 0.248 e. The first-order chi connectivity index (χ1) is 17.0. The Morgan fingerprint density at radius 3 is 2.47 bits per heavy atom. The van der Waals surface area contributed by atoms with Crippen molar-refractivity contribution in [3.63, 3.8) is 0 Å². The molecule has 1 unspecified atom stereocenters. The molecule has 0 bridgehead atoms. The van der Waals surface area contributed by atoms with Crippen LogP contribution >= 0.6 is 0 Å². The summed E-state index contributed by atoms with van der Waals surface area (Å²) in [5.74, 6) is -4.10. The summed E-state index contributed by atoms with van der Waals surface area (Å²) >= 11 is 0. The van der Waals surface area contributed by atoms with Crippen LogP contribution < -0.4 is 5.32 Å². The Balaban J connectivity index is 1.68. The molecule has 36 heavy (non-hydrogen) atoms. The van der Waals surface area contributed by atoms with E-state index in [-0.39, 0.29) is 5.41 Å². The molecule has 0 fully saturated rings. The zero-order valence-electron chi connectivity index (χ0n) is 21.3. The molecule has 1 N–H and O–H groups in total. The van der Waals surface area contributed by atoms with Crippen LogP contribution in [0.4, 0.5) is 18.9 Å². The largest absolute Gasteiger partial charge is 0.330 e. The van der Waals surface area contributed by atoms with Crippen molar-refractivity contribution >= 4 is 11.6 Å². The van der Waals surface area contributed by atoms with Crippen LogP contribution in [0.25, 0.3) is 0 Å². The van der Waals surface area contributed by atoms with Gasteiger partial charge in [0.1, 0.15) is 11.5 Å². The molecule has 0 radical (unpaired) electrons. The van der Waals surface area contributed by atoms with Crippen molar-refractivity contribution in [2.45, 2.75) is 53.5 Å². The summed E-state index contributed by atoms with van der Waals surface area (Å²) in [5, 5.41) is 2.11. The van der Waals surface area contributed by atoms with E-state index < -0.39 is 29.0 Å². The molecule has 0 saturated carbocycles. The second kappa shape index (κ2) is 11.4. The predicted octanol–water partition coefficient (Wildman–Crippen LogP) is 7.62. The van der Waals surface area contributed by atoms with Crippen molar-refractivity contribution in [2.24, 2.45) is 5.41 Å². The van der Waals surface area contributed by atoms with Crippen LogP contribution in [-0.2, 0) is 4.79 Å². The zero-order chi connectivity index (χ0) is 26.5. The number of halogens is 3. The van der Waals surface area contributed by atoms with Crippen LogP contribution in [0.1, 0.15) is 53.5 Å². The lowest BCUT2D eigenvalue weighted by molar-refractivity contribution is -0.112. The molecular weight excluding hydrogens is 463 g/mol. The Labute approximate surface area is 210 Å². The first-order valence-electron chi connectivity index (χ1n) is 11.8. The molecule has 7 heteroatoms. The van der Waals surface area contributed by atoms with Crippen molar-refractivity contribution in [3.8, 4) is 0 Å². The number of hydrogen-bond donors (Lipinski definition) is 1. The quantitative estimate of drug-likeness (QED) is 0.317. The molecule has 1 heterocycles. The maximum atomic E-state index is 13.7. The summed E-state index contributed by atoms with van der Waals surface area (Å²) in [6.07, 6.45) is 18.7. The third-order valence-electron chi connectivity index (χ3n) is 6.43. The summed E-state index contributed by atoms with van der Waals surface area (Å²) < 4.78 is 42.6. The van der Waals surface area contributed by atoms with Gasteiger partial charge in [0, 0.05) is 30.6 Å². The second-order valence-electron chi connectivity index (χ2n) is 9.77. The zero-order valence-corrected chi connectivity index (χ0v) is 21.3. The van der Waals surface area contributed by atoms with Crippen LogP contribution in [0.2, 0.25) is 0 Å². The average Bonchev–Trinajstić information content (AvgIpc) is 3.30. The number of benzene rings is 1. The summed E-state index contributed by atoms with van der Waals surface area (Å²) in [4.78, 5) is 16.3. The number of carbonyl (C=O) groups excluding carboxylic acids is 1. The minimum atomic E-state index is -1.17. The Morgan fingerprint density at radius 1 is 1.14 bits per heavy atom. The number of amides is 1. The van der Waals surface area contributed by atoms with E-state index in [0.29, 0.717) is 23.7 Å². The van der Waals surface area contributed by atoms with Gasteiger partial charge in [0.25, 0.3) is 0 Å². The van der Waals surface area contributed by atoms with Gasteiger partial charge in [-0.05, 0) is 55.7 Å². The van der Waals surface area contributed by atoms with E-state index in [1.54, 1.807) is 25.3 Å². The number of carbonyl (C=O) groups is 1. The highest BCUT2D eigenvalue weighted by molar-refractivity contribution is 6.00. The molecular formula is C29H32F3N3O. The number of nitrogens with one attached hydrogen (secondary N) is 1. The van der Waals surface area contributed by atoms with Gasteiger partial charge >= 0.3 is 0 Å². The topological polar surface area (TPSA) is 46.9 Å². The molecule has 0 aliphatic heterocycles. The van der Waals surface area contributed by atoms with Crippen molar-refractivity contribution in [2.75, 3.05) is 5.32 Å². The van der Waals surface area contributed by atoms with Crippen LogP contribution in [0.5, 0.6) is 0 Å². The van der Waals surface area contributed by atoms with E-state index in [1.165, 1.54) is 17.2 Å². The molecule has 1 aromatic carbocycles. The lowest BCUT2D eigenvalue weighted by Crippen LogP contribution is -2.25. The highest BCUT2D eigenvalue weighted by Gasteiger charge is 2.32. The monoisotopic (exact) mass is 495 g/mol. The van der Waals surface area contributed by atoms with E-state index in [2.05, 4.69) is 47.8 Å². The first kappa shape index (κ1) is 27.0. The molecule has 1 atom stereocenters. The summed E-state index contributed by atoms with van der Waals surface area (Å²) in [6, 6.07) is 1.33. The van der Waals surface area contributed by atoms with Crippen LogP contribution in [0.3, 0.4) is 0 Å². The van der Waals surface area contributed by atoms with E-state index in [9.17, 15) is 18.0 Å². The molecule has 1 aromatic heterocycles. The highest BCUT2D eigenvalue weighted by Crippen LogP contribution is 2.45. The standard InChI is InChI=1S/C29H32F3N3O/c1-19(9-10-23-21(3)26(11-12-29(23,4)5)35-14-13-33-18-35)7-6-8-20(2)15-27(36)34-28-24(31)16-22(30)17-25(28)32/h6-10,13-18,26H,11-12H2,1-5H3,(H,34,36). The molecule has 4 nitrogen and oxygen atoms in total. The fourth-order valence-electron chi connectivity index (χ4n) is 4.44. The molecule has 2 aromatic rings. The second-order valence-corrected chi connectivity index (χ2v) is 9.77. The van der Waals surface area contributed by atoms with Gasteiger partial charge in [-0.2, -0.15) is 0 Å². The number of allylic oxidation sites excluding steroid dienone is 9. The fraction of sp³-hybridized carbons (Fsp3) is 0.310. The minimum absolute atomic E-state index is 0.0734. The number of anilines is 1. The summed E-state index contributed by atoms with van der Waals surface area (Å²) in [7, 11) is 0. The molecule has 1 aliphatic carbocycles. The molecule has 1 aliphatic rings. The number of hydrogen-bond acceptors (Lipinski definition) is 2. The van der Waals surface area contributed by atoms with Gasteiger partial charge < -0.3 is 9.88 Å². The number of aromatic nitrogens is 2. The number of imidazole rings is 1. The molecule has 190 valence electrons. The number of rotatable bonds is 7. The third-order valence-corrected chi connectivity index (χ3v) is 6.43. The average molecular weight is 496 g/mol. The molecule has 1 amide bonds. The maximum Gasteiger partial charge on any atom is 0.248 e. The SMILES string of the molecule is CC(C=CC1=C(C)C(n2ccnc2)CCC1(C)C)=CC=CC(C)=CC(=O)Nc1c(F)cc(F)cc1F. The van der Waals surface area contributed by atoms with Crippen LogP contribution in [0, 0.1) is 22.9 Å². The Morgan fingerprint density at radius 2 is 1.83 bits per heavy atom. The van der Waals surface area contributed by atoms with Gasteiger partial charge in [0.05, 0.1) is 12.4 Å². The molecule has 0 saturated heterocycles. The maximum absolute atomic E-state index is 13.7. The van der Waals surface area contributed by atoms with E-state index in [1.807, 2.05) is 25.5 Å². The normalized spacial score (nSPS) is 18.9. The van der Waals surface area contributed by atoms with Crippen LogP contribution in [-0.4, -0.2) is 15.5 Å². The minimum Gasteiger partial charge on any atom is -0.330 e. The van der Waals surface area contributed by atoms with E-state index in [4.69, 9.17) is 0 Å². The van der Waals surface area contributed by atoms with Crippen molar-refractivity contribution in [3.05, 3.63) is 107 Å². The van der Waals surface area contributed by atoms with Gasteiger partial charge in [0.15, 0.2) is 11.6 Å². The fourth-order valence-corrected chi connectivity index (χ4v) is 4.44. The van der Waals surface area contributed by atoms with Crippen molar-refractivity contribution < 1.29 is 18.0 Å². The lowest BCUT2D eigenvalue weighted by Gasteiger charge is -2.37. The Bertz CT molecular complexity index is 1240. The van der Waals surface area contributed by atoms with E-state index in [0.717, 1.165) is 18.4 Å². The van der Waals surface area contributed by atoms with Crippen molar-refractivity contribution in [1.82, 2.24) is 9.55 Å². The Hall–Kier alpha value is -3.61. The highest BCUT2D eigenvalue weighted by atomic mass is 19.1. The molecule has 0 spiro atoms. The lowest BCUT2D eigenvalue weighted by atomic mass is 9.71. The van der Waals surface area contributed by atoms with Gasteiger partial charge in [-0.25, -0.2) is 18.2 Å². The number of nitrogens with zero attached hydrogens (tertiary/aromatic N) is 2. The van der Waals surface area contributed by atoms with Gasteiger partial charge in [-0.3, -0.25) is 4.79 Å². The summed E-state index contributed by atoms with van der Waals surface area (Å²) in [6.45, 7) is 10.4. The molecule has 3 rings (SSSR count). The Kier molecular flexibility index (Phi) is 8.56. The first-order valence-corrected chi connectivity index (χ1v) is 11.8. The van der Waals surface area contributed by atoms with Crippen molar-refractivity contribution in [1.29, 1.82) is 0 Å². The van der Waals surface area contributed by atoms with Gasteiger partial charge in [-0.15, -0.1) is 0 Å². The van der Waals surface area contributed by atoms with Gasteiger partial charge in [-0.1, -0.05) is 49.8 Å².